The molecule has 0 radical (unpaired) electrons. The average molecular weight is 251 g/mol. The van der Waals surface area contributed by atoms with E-state index < -0.39 is 6.10 Å². The van der Waals surface area contributed by atoms with Crippen molar-refractivity contribution in [3.63, 3.8) is 0 Å². The zero-order valence-corrected chi connectivity index (χ0v) is 11.9. The van der Waals surface area contributed by atoms with Gasteiger partial charge in [0, 0.05) is 6.54 Å². The smallest absolute Gasteiger partial charge is 0.123 e. The van der Waals surface area contributed by atoms with E-state index in [0.717, 1.165) is 12.2 Å². The summed E-state index contributed by atoms with van der Waals surface area (Å²) < 4.78 is 5.69. The first-order chi connectivity index (χ1) is 8.38. The number of hydrogen-bond acceptors (Lipinski definition) is 3. The van der Waals surface area contributed by atoms with Crippen molar-refractivity contribution >= 4 is 0 Å². The van der Waals surface area contributed by atoms with Gasteiger partial charge in [0.25, 0.3) is 0 Å². The van der Waals surface area contributed by atoms with Gasteiger partial charge in [0.1, 0.15) is 18.5 Å². The van der Waals surface area contributed by atoms with Gasteiger partial charge in [0.15, 0.2) is 0 Å². The zero-order valence-electron chi connectivity index (χ0n) is 11.9. The maximum atomic E-state index is 9.46. The van der Waals surface area contributed by atoms with Gasteiger partial charge in [-0.1, -0.05) is 39.8 Å². The Morgan fingerprint density at radius 3 is 2.50 bits per heavy atom. The third-order valence-corrected chi connectivity index (χ3v) is 2.96. The van der Waals surface area contributed by atoms with Gasteiger partial charge in [-0.2, -0.15) is 0 Å². The molecule has 1 aromatic carbocycles. The monoisotopic (exact) mass is 251 g/mol. The van der Waals surface area contributed by atoms with Gasteiger partial charge in [-0.3, -0.25) is 0 Å². The molecule has 0 spiro atoms. The highest BCUT2D eigenvalue weighted by atomic mass is 16.5. The number of aliphatic hydroxyl groups is 1. The summed E-state index contributed by atoms with van der Waals surface area (Å²) >= 11 is 0. The van der Waals surface area contributed by atoms with E-state index in [1.54, 1.807) is 0 Å². The van der Waals surface area contributed by atoms with Crippen LogP contribution in [0.5, 0.6) is 5.75 Å². The lowest BCUT2D eigenvalue weighted by molar-refractivity contribution is 0.113. The third kappa shape index (κ3) is 4.00. The first kappa shape index (κ1) is 15.0. The standard InChI is InChI=1S/C15H25NO2/c1-5-11-6-7-14(18-10-12(17)9-16)13(8-11)15(2,3)4/h6-8,12,17H,5,9-10,16H2,1-4H3. The highest BCUT2D eigenvalue weighted by Crippen LogP contribution is 2.32. The molecule has 0 saturated carbocycles. The molecular formula is C15H25NO2. The molecule has 0 bridgehead atoms. The summed E-state index contributed by atoms with van der Waals surface area (Å²) in [5.74, 6) is 0.840. The Kier molecular flexibility index (Phi) is 5.17. The van der Waals surface area contributed by atoms with Crippen molar-refractivity contribution in [2.75, 3.05) is 13.2 Å². The maximum Gasteiger partial charge on any atom is 0.123 e. The maximum absolute atomic E-state index is 9.46. The number of nitrogens with two attached hydrogens (primary N) is 1. The lowest BCUT2D eigenvalue weighted by Gasteiger charge is -2.24. The van der Waals surface area contributed by atoms with Gasteiger partial charge in [-0.15, -0.1) is 0 Å². The van der Waals surface area contributed by atoms with Crippen LogP contribution in [0.2, 0.25) is 0 Å². The predicted molar refractivity (Wildman–Crippen MR) is 75.1 cm³/mol. The van der Waals surface area contributed by atoms with Gasteiger partial charge >= 0.3 is 0 Å². The minimum atomic E-state index is -0.608. The predicted octanol–water partition coefficient (Wildman–Crippen LogP) is 2.24. The van der Waals surface area contributed by atoms with Crippen LogP contribution in [0.15, 0.2) is 18.2 Å². The number of benzene rings is 1. The summed E-state index contributed by atoms with van der Waals surface area (Å²) in [6.45, 7) is 9.08. The summed E-state index contributed by atoms with van der Waals surface area (Å²) in [7, 11) is 0. The van der Waals surface area contributed by atoms with Crippen LogP contribution in [0.1, 0.15) is 38.8 Å². The van der Waals surface area contributed by atoms with Gasteiger partial charge in [0.05, 0.1) is 0 Å². The van der Waals surface area contributed by atoms with Crippen molar-refractivity contribution in [2.24, 2.45) is 5.73 Å². The first-order valence-electron chi connectivity index (χ1n) is 6.52. The Hall–Kier alpha value is -1.06. The van der Waals surface area contributed by atoms with Crippen LogP contribution in [0, 0.1) is 0 Å². The van der Waals surface area contributed by atoms with E-state index >= 15 is 0 Å². The lowest BCUT2D eigenvalue weighted by Crippen LogP contribution is -2.27. The number of hydrogen-bond donors (Lipinski definition) is 2. The van der Waals surface area contributed by atoms with E-state index in [1.165, 1.54) is 11.1 Å². The molecule has 3 N–H and O–H groups in total. The van der Waals surface area contributed by atoms with Crippen LogP contribution >= 0.6 is 0 Å². The summed E-state index contributed by atoms with van der Waals surface area (Å²) in [5, 5.41) is 9.46. The zero-order chi connectivity index (χ0) is 13.8. The second-order valence-corrected chi connectivity index (χ2v) is 5.63. The van der Waals surface area contributed by atoms with E-state index in [4.69, 9.17) is 10.5 Å². The molecular weight excluding hydrogens is 226 g/mol. The Bertz CT molecular complexity index is 383. The SMILES string of the molecule is CCc1ccc(OCC(O)CN)c(C(C)(C)C)c1. The average Bonchev–Trinajstić information content (AvgIpc) is 2.34. The van der Waals surface area contributed by atoms with E-state index in [-0.39, 0.29) is 18.6 Å². The summed E-state index contributed by atoms with van der Waals surface area (Å²) in [6, 6.07) is 6.24. The highest BCUT2D eigenvalue weighted by molar-refractivity contribution is 5.41. The van der Waals surface area contributed by atoms with Gasteiger partial charge in [-0.05, 0) is 29.0 Å². The first-order valence-corrected chi connectivity index (χ1v) is 6.52. The summed E-state index contributed by atoms with van der Waals surface area (Å²) in [6.07, 6.45) is 0.401. The number of ether oxygens (including phenoxy) is 1. The molecule has 102 valence electrons. The van der Waals surface area contributed by atoms with Gasteiger partial charge in [0.2, 0.25) is 0 Å². The molecule has 0 aromatic heterocycles. The van der Waals surface area contributed by atoms with Crippen LogP contribution < -0.4 is 10.5 Å². The Morgan fingerprint density at radius 2 is 2.00 bits per heavy atom. The second-order valence-electron chi connectivity index (χ2n) is 5.63. The van der Waals surface area contributed by atoms with Crippen molar-refractivity contribution in [2.45, 2.75) is 45.6 Å². The number of aliphatic hydroxyl groups excluding tert-OH is 1. The molecule has 3 heteroatoms. The Labute approximate surface area is 110 Å². The van der Waals surface area contributed by atoms with Gasteiger partial charge in [-0.25, -0.2) is 0 Å². The van der Waals surface area contributed by atoms with Crippen LogP contribution in [0.25, 0.3) is 0 Å². The molecule has 1 aromatic rings. The molecule has 0 aliphatic heterocycles. The van der Waals surface area contributed by atoms with Crippen molar-refractivity contribution in [1.29, 1.82) is 0 Å². The van der Waals surface area contributed by atoms with Crippen LogP contribution in [-0.2, 0) is 11.8 Å². The molecule has 0 aliphatic carbocycles. The molecule has 3 nitrogen and oxygen atoms in total. The fourth-order valence-corrected chi connectivity index (χ4v) is 1.76. The Morgan fingerprint density at radius 1 is 1.33 bits per heavy atom. The topological polar surface area (TPSA) is 55.5 Å². The molecule has 1 atom stereocenters. The molecule has 1 rings (SSSR count). The minimum Gasteiger partial charge on any atom is -0.491 e. The van der Waals surface area contributed by atoms with E-state index in [9.17, 15) is 5.11 Å². The largest absolute Gasteiger partial charge is 0.491 e. The fourth-order valence-electron chi connectivity index (χ4n) is 1.76. The highest BCUT2D eigenvalue weighted by Gasteiger charge is 2.19. The molecule has 0 aliphatic rings. The van der Waals surface area contributed by atoms with Crippen molar-refractivity contribution in [3.8, 4) is 5.75 Å². The number of aryl methyl sites for hydroxylation is 1. The molecule has 18 heavy (non-hydrogen) atoms. The molecule has 0 amide bonds. The molecule has 0 saturated heterocycles. The Balaban J connectivity index is 2.96. The van der Waals surface area contributed by atoms with Crippen LogP contribution in [-0.4, -0.2) is 24.4 Å². The summed E-state index contributed by atoms with van der Waals surface area (Å²) in [4.78, 5) is 0. The summed E-state index contributed by atoms with van der Waals surface area (Å²) in [5.41, 5.74) is 7.87. The minimum absolute atomic E-state index is 0.0220. The second kappa shape index (κ2) is 6.21. The van der Waals surface area contributed by atoms with Crippen molar-refractivity contribution < 1.29 is 9.84 Å². The number of rotatable bonds is 5. The molecule has 0 fully saturated rings. The van der Waals surface area contributed by atoms with E-state index in [2.05, 4.69) is 39.8 Å². The molecule has 1 unspecified atom stereocenters. The van der Waals surface area contributed by atoms with Gasteiger partial charge < -0.3 is 15.6 Å². The van der Waals surface area contributed by atoms with Crippen LogP contribution in [0.4, 0.5) is 0 Å². The normalized spacial score (nSPS) is 13.4. The third-order valence-electron chi connectivity index (χ3n) is 2.96. The molecule has 0 heterocycles. The van der Waals surface area contributed by atoms with Crippen molar-refractivity contribution in [3.05, 3.63) is 29.3 Å². The lowest BCUT2D eigenvalue weighted by atomic mass is 9.85. The van der Waals surface area contributed by atoms with Crippen molar-refractivity contribution in [1.82, 2.24) is 0 Å². The van der Waals surface area contributed by atoms with E-state index in [0.29, 0.717) is 0 Å². The van der Waals surface area contributed by atoms with Crippen LogP contribution in [0.3, 0.4) is 0 Å². The fraction of sp³-hybridized carbons (Fsp3) is 0.600. The van der Waals surface area contributed by atoms with E-state index in [1.807, 2.05) is 6.07 Å². The quantitative estimate of drug-likeness (QED) is 0.844.